The maximum absolute atomic E-state index is 14.0. The third-order valence-electron chi connectivity index (χ3n) is 9.03. The quantitative estimate of drug-likeness (QED) is 0.219. The number of thioether (sulfide) groups is 1. The van der Waals surface area contributed by atoms with Crippen LogP contribution in [0.4, 0.5) is 18.9 Å². The molecule has 286 valence electrons. The number of rotatable bonds is 13. The van der Waals surface area contributed by atoms with Gasteiger partial charge in [0.15, 0.2) is 23.3 Å². The lowest BCUT2D eigenvalue weighted by Crippen LogP contribution is -2.52. The number of aliphatic imine (C=N–C) groups is 1. The summed E-state index contributed by atoms with van der Waals surface area (Å²) in [6.07, 6.45) is 1.91. The van der Waals surface area contributed by atoms with E-state index in [9.17, 15) is 25.8 Å². The van der Waals surface area contributed by atoms with Crippen LogP contribution in [0.1, 0.15) is 33.6 Å². The molecule has 4 heterocycles. The van der Waals surface area contributed by atoms with Crippen LogP contribution in [-0.2, 0) is 35.0 Å². The third kappa shape index (κ3) is 10.3. The average Bonchev–Trinajstić information content (AvgIpc) is 3.87. The smallest absolute Gasteiger partial charge is 0.380 e. The molecular weight excluding hydrogens is 742 g/mol. The van der Waals surface area contributed by atoms with Crippen molar-refractivity contribution < 1.29 is 40.0 Å². The lowest BCUT2D eigenvalue weighted by atomic mass is 9.90. The van der Waals surface area contributed by atoms with Gasteiger partial charge in [-0.2, -0.15) is 21.6 Å². The lowest BCUT2D eigenvalue weighted by molar-refractivity contribution is -0.0579. The molecule has 3 fully saturated rings. The molecule has 0 bridgehead atoms. The first-order chi connectivity index (χ1) is 24.7. The largest absolute Gasteiger partial charge is 0.475 e. The molecule has 0 aliphatic carbocycles. The second kappa shape index (κ2) is 16.4. The second-order valence-corrected chi connectivity index (χ2v) is 18.2. The van der Waals surface area contributed by atoms with Gasteiger partial charge >= 0.3 is 5.51 Å². The van der Waals surface area contributed by atoms with Crippen LogP contribution in [0.2, 0.25) is 0 Å². The zero-order valence-electron chi connectivity index (χ0n) is 29.3. The molecular formula is C34H45F3N6O6S3. The third-order valence-corrected chi connectivity index (χ3v) is 12.7. The SMILES string of the molecule is CC(C)(C)OC1OC1N1CCC2C(=NS(=O)(=O)c3ccc(N[C@H](CCN4CCOCC4)CSc4ccccc4)c(S(=O)C(F)(F)F)c3)NC=NC2C1. The van der Waals surface area contributed by atoms with Crippen molar-refractivity contribution in [3.63, 3.8) is 0 Å². The number of likely N-dealkylation sites (tertiary alicyclic amines) is 1. The Morgan fingerprint density at radius 3 is 2.60 bits per heavy atom. The number of ether oxygens (including phenoxy) is 3. The van der Waals surface area contributed by atoms with Gasteiger partial charge in [0.25, 0.3) is 10.0 Å². The number of amidine groups is 1. The molecule has 0 radical (unpaired) electrons. The fourth-order valence-corrected chi connectivity index (χ4v) is 9.32. The maximum Gasteiger partial charge on any atom is 0.475 e. The van der Waals surface area contributed by atoms with Gasteiger partial charge in [0, 0.05) is 55.3 Å². The van der Waals surface area contributed by atoms with Crippen molar-refractivity contribution in [2.24, 2.45) is 15.3 Å². The highest BCUT2D eigenvalue weighted by atomic mass is 32.2. The van der Waals surface area contributed by atoms with E-state index in [-0.39, 0.29) is 47.6 Å². The number of halogens is 3. The molecule has 0 saturated carbocycles. The zero-order chi connectivity index (χ0) is 37.1. The number of nitrogens with one attached hydrogen (secondary N) is 2. The van der Waals surface area contributed by atoms with E-state index >= 15 is 0 Å². The first-order valence-corrected chi connectivity index (χ1v) is 20.8. The molecule has 2 aromatic rings. The number of hydrogen-bond acceptors (Lipinski definition) is 11. The molecule has 4 aliphatic rings. The fourth-order valence-electron chi connectivity index (χ4n) is 6.38. The predicted molar refractivity (Wildman–Crippen MR) is 195 cm³/mol. The summed E-state index contributed by atoms with van der Waals surface area (Å²) in [6, 6.07) is 12.3. The standard InChI is InChI=1S/C34H45F3N6O6S3/c1-33(2,3)49-32-31(48-32)43-14-12-26-28(20-43)38-22-39-30(26)41-52(45,46)25-9-10-27(29(19-25)51(44)34(35,36)37)40-23(11-13-42-15-17-47-18-16-42)21-50-24-7-5-4-6-8-24/h4-10,19,22-23,26,28,31-32,40H,11-18,20-21H2,1-3H3,(H,38,39,41)/t23-,26?,28?,31?,32?,51?/m1/s1. The molecule has 12 nitrogen and oxygen atoms in total. The van der Waals surface area contributed by atoms with Crippen molar-refractivity contribution in [2.45, 2.75) is 84.0 Å². The predicted octanol–water partition coefficient (Wildman–Crippen LogP) is 4.52. The lowest BCUT2D eigenvalue weighted by Gasteiger charge is -2.38. The minimum atomic E-state index is -5.13. The normalized spacial score (nSPS) is 26.4. The number of fused-ring (bicyclic) bond motifs is 1. The summed E-state index contributed by atoms with van der Waals surface area (Å²) >= 11 is 1.55. The highest BCUT2D eigenvalue weighted by Gasteiger charge is 2.50. The molecule has 4 aliphatic heterocycles. The minimum absolute atomic E-state index is 0.0469. The van der Waals surface area contributed by atoms with Crippen LogP contribution in [0.25, 0.3) is 0 Å². The van der Waals surface area contributed by atoms with Crippen LogP contribution in [-0.4, -0.2) is 122 Å². The number of sulfonamides is 1. The van der Waals surface area contributed by atoms with Gasteiger partial charge in [0.2, 0.25) is 0 Å². The van der Waals surface area contributed by atoms with E-state index in [2.05, 4.69) is 29.8 Å². The Hall–Kier alpha value is -2.58. The van der Waals surface area contributed by atoms with Crippen LogP contribution in [0, 0.1) is 5.92 Å². The molecule has 3 saturated heterocycles. The molecule has 18 heteroatoms. The van der Waals surface area contributed by atoms with E-state index in [4.69, 9.17) is 14.2 Å². The molecule has 0 amide bonds. The first-order valence-electron chi connectivity index (χ1n) is 17.2. The number of alkyl halides is 3. The number of hydrogen-bond donors (Lipinski definition) is 2. The van der Waals surface area contributed by atoms with E-state index in [1.165, 1.54) is 18.5 Å². The topological polar surface area (TPSA) is 137 Å². The first kappa shape index (κ1) is 39.1. The average molecular weight is 787 g/mol. The second-order valence-electron chi connectivity index (χ2n) is 14.0. The van der Waals surface area contributed by atoms with Gasteiger partial charge < -0.3 is 24.8 Å². The van der Waals surface area contributed by atoms with Crippen LogP contribution in [0.5, 0.6) is 0 Å². The summed E-state index contributed by atoms with van der Waals surface area (Å²) in [7, 11) is -8.04. The number of benzene rings is 2. The van der Waals surface area contributed by atoms with Gasteiger partial charge in [-0.05, 0) is 63.9 Å². The Kier molecular flexibility index (Phi) is 12.4. The van der Waals surface area contributed by atoms with Crippen LogP contribution >= 0.6 is 11.8 Å². The Labute approximate surface area is 309 Å². The van der Waals surface area contributed by atoms with Crippen molar-refractivity contribution in [2.75, 3.05) is 57.0 Å². The van der Waals surface area contributed by atoms with Crippen LogP contribution in [0.3, 0.4) is 0 Å². The van der Waals surface area contributed by atoms with Gasteiger partial charge in [-0.25, -0.2) is 4.21 Å². The van der Waals surface area contributed by atoms with Crippen LogP contribution in [0.15, 0.2) is 72.6 Å². The minimum Gasteiger partial charge on any atom is -0.380 e. The summed E-state index contributed by atoms with van der Waals surface area (Å²) in [6.45, 7) is 10.3. The van der Waals surface area contributed by atoms with E-state index < -0.39 is 36.1 Å². The van der Waals surface area contributed by atoms with Gasteiger partial charge in [-0.3, -0.25) is 14.8 Å². The maximum atomic E-state index is 14.0. The van der Waals surface area contributed by atoms with Crippen molar-refractivity contribution >= 4 is 50.4 Å². The van der Waals surface area contributed by atoms with Crippen LogP contribution < -0.4 is 10.6 Å². The van der Waals surface area contributed by atoms with Gasteiger partial charge in [0.05, 0.1) is 46.7 Å². The number of morpholine rings is 1. The highest BCUT2D eigenvalue weighted by molar-refractivity contribution is 7.99. The number of anilines is 1. The van der Waals surface area contributed by atoms with E-state index in [0.29, 0.717) is 51.4 Å². The van der Waals surface area contributed by atoms with Gasteiger partial charge in [0.1, 0.15) is 5.84 Å². The number of piperidine rings is 1. The Bertz CT molecular complexity index is 1740. The summed E-state index contributed by atoms with van der Waals surface area (Å²) in [5.41, 5.74) is -5.54. The molecule has 5 unspecified atom stereocenters. The van der Waals surface area contributed by atoms with Gasteiger partial charge in [-0.1, -0.05) is 18.2 Å². The van der Waals surface area contributed by atoms with E-state index in [0.717, 1.165) is 24.1 Å². The Balaban J connectivity index is 1.20. The van der Waals surface area contributed by atoms with Crippen molar-refractivity contribution in [1.82, 2.24) is 15.1 Å². The summed E-state index contributed by atoms with van der Waals surface area (Å²) in [5, 5.41) is 6.04. The van der Waals surface area contributed by atoms with E-state index in [1.54, 1.807) is 11.8 Å². The molecule has 0 spiro atoms. The molecule has 6 rings (SSSR count). The van der Waals surface area contributed by atoms with Gasteiger partial charge in [-0.15, -0.1) is 16.2 Å². The highest BCUT2D eigenvalue weighted by Crippen LogP contribution is 2.37. The molecule has 52 heavy (non-hydrogen) atoms. The Morgan fingerprint density at radius 1 is 1.13 bits per heavy atom. The molecule has 0 aromatic heterocycles. The molecule has 6 atom stereocenters. The van der Waals surface area contributed by atoms with Crippen molar-refractivity contribution in [3.8, 4) is 0 Å². The van der Waals surface area contributed by atoms with Crippen molar-refractivity contribution in [1.29, 1.82) is 0 Å². The summed E-state index contributed by atoms with van der Waals surface area (Å²) in [5.74, 6) is 0.293. The number of nitrogens with zero attached hydrogens (tertiary/aromatic N) is 4. The van der Waals surface area contributed by atoms with Crippen molar-refractivity contribution in [3.05, 3.63) is 48.5 Å². The number of epoxide rings is 1. The summed E-state index contributed by atoms with van der Waals surface area (Å²) < 4.78 is 104. The monoisotopic (exact) mass is 786 g/mol. The summed E-state index contributed by atoms with van der Waals surface area (Å²) in [4.78, 5) is 8.67. The Morgan fingerprint density at radius 2 is 1.88 bits per heavy atom. The molecule has 2 aromatic carbocycles. The zero-order valence-corrected chi connectivity index (χ0v) is 31.7. The van der Waals surface area contributed by atoms with E-state index in [1.807, 2.05) is 51.1 Å². The molecule has 2 N–H and O–H groups in total. The fraction of sp³-hybridized carbons (Fsp3) is 0.588.